The van der Waals surface area contributed by atoms with Crippen LogP contribution in [0.5, 0.6) is 0 Å². The molecule has 0 spiro atoms. The van der Waals surface area contributed by atoms with Crippen LogP contribution in [0.25, 0.3) is 16.8 Å². The lowest BCUT2D eigenvalue weighted by molar-refractivity contribution is -0.119. The van der Waals surface area contributed by atoms with Crippen LogP contribution in [0.3, 0.4) is 0 Å². The molecule has 7 heteroatoms. The quantitative estimate of drug-likeness (QED) is 0.495. The number of aromatic nitrogens is 4. The largest absolute Gasteiger partial charge is 0.353 e. The Morgan fingerprint density at radius 3 is 2.52 bits per heavy atom. The van der Waals surface area contributed by atoms with Crippen molar-refractivity contribution in [2.24, 2.45) is 0 Å². The Kier molecular flexibility index (Phi) is 4.97. The summed E-state index contributed by atoms with van der Waals surface area (Å²) in [6, 6.07) is 18.9. The molecular formula is C22H23N5OS. The maximum atomic E-state index is 12.3. The van der Waals surface area contributed by atoms with Crippen molar-refractivity contribution in [3.05, 3.63) is 60.2 Å². The van der Waals surface area contributed by atoms with Crippen LogP contribution in [0.2, 0.25) is 0 Å². The number of benzene rings is 2. The monoisotopic (exact) mass is 405 g/mol. The van der Waals surface area contributed by atoms with Crippen molar-refractivity contribution in [2.45, 2.75) is 43.4 Å². The van der Waals surface area contributed by atoms with Gasteiger partial charge in [0.2, 0.25) is 11.7 Å². The number of fused-ring (bicyclic) bond motifs is 3. The summed E-state index contributed by atoms with van der Waals surface area (Å²) in [4.78, 5) is 12.3. The third-order valence-electron chi connectivity index (χ3n) is 5.51. The van der Waals surface area contributed by atoms with Crippen molar-refractivity contribution in [1.82, 2.24) is 24.5 Å². The molecule has 0 atom stereocenters. The van der Waals surface area contributed by atoms with E-state index in [1.54, 1.807) is 0 Å². The van der Waals surface area contributed by atoms with E-state index in [0.717, 1.165) is 41.4 Å². The fraction of sp³-hybridized carbons (Fsp3) is 0.318. The second-order valence-electron chi connectivity index (χ2n) is 7.52. The zero-order chi connectivity index (χ0) is 19.6. The molecule has 29 heavy (non-hydrogen) atoms. The number of nitrogens with zero attached hydrogens (tertiary/aromatic N) is 4. The highest BCUT2D eigenvalue weighted by Crippen LogP contribution is 2.26. The Bertz CT molecular complexity index is 1140. The molecule has 1 N–H and O–H groups in total. The van der Waals surface area contributed by atoms with E-state index >= 15 is 0 Å². The van der Waals surface area contributed by atoms with Crippen molar-refractivity contribution >= 4 is 34.5 Å². The van der Waals surface area contributed by atoms with Crippen molar-refractivity contribution in [3.8, 4) is 0 Å². The number of amides is 1. The van der Waals surface area contributed by atoms with Gasteiger partial charge in [0, 0.05) is 6.04 Å². The summed E-state index contributed by atoms with van der Waals surface area (Å²) in [5, 5.41) is 12.7. The minimum Gasteiger partial charge on any atom is -0.353 e. The summed E-state index contributed by atoms with van der Waals surface area (Å²) in [6.45, 7) is 0.725. The number of carbonyl (C=O) groups is 1. The zero-order valence-electron chi connectivity index (χ0n) is 16.1. The smallest absolute Gasteiger partial charge is 0.237 e. The van der Waals surface area contributed by atoms with Gasteiger partial charge in [0.05, 0.1) is 23.3 Å². The van der Waals surface area contributed by atoms with Gasteiger partial charge in [0.15, 0.2) is 5.16 Å². The highest BCUT2D eigenvalue weighted by Gasteiger charge is 2.20. The first-order valence-electron chi connectivity index (χ1n) is 10.1. The predicted octanol–water partition coefficient (Wildman–Crippen LogP) is 3.88. The molecule has 0 bridgehead atoms. The first-order chi connectivity index (χ1) is 14.3. The van der Waals surface area contributed by atoms with Gasteiger partial charge in [-0.05, 0) is 30.5 Å². The van der Waals surface area contributed by atoms with E-state index in [2.05, 4.69) is 48.7 Å². The first kappa shape index (κ1) is 18.2. The molecule has 0 radical (unpaired) electrons. The van der Waals surface area contributed by atoms with Gasteiger partial charge in [-0.3, -0.25) is 9.20 Å². The molecule has 1 amide bonds. The molecule has 4 aromatic rings. The second-order valence-corrected chi connectivity index (χ2v) is 8.46. The van der Waals surface area contributed by atoms with Crippen molar-refractivity contribution in [3.63, 3.8) is 0 Å². The van der Waals surface area contributed by atoms with Crippen LogP contribution in [0, 0.1) is 0 Å². The van der Waals surface area contributed by atoms with E-state index in [4.69, 9.17) is 0 Å². The van der Waals surface area contributed by atoms with Crippen LogP contribution in [0.15, 0.2) is 59.8 Å². The molecule has 0 aliphatic heterocycles. The SMILES string of the molecule is O=C(CSc1nnc2n(Cc3ccccc3)c3ccccc3n12)NC1CCCC1. The van der Waals surface area contributed by atoms with Gasteiger partial charge in [-0.2, -0.15) is 0 Å². The van der Waals surface area contributed by atoms with Crippen LogP contribution >= 0.6 is 11.8 Å². The first-order valence-corrected chi connectivity index (χ1v) is 11.1. The van der Waals surface area contributed by atoms with Crippen molar-refractivity contribution < 1.29 is 4.79 Å². The average molecular weight is 406 g/mol. The average Bonchev–Trinajstić information content (AvgIpc) is 3.46. The van der Waals surface area contributed by atoms with E-state index in [0.29, 0.717) is 11.8 Å². The fourth-order valence-electron chi connectivity index (χ4n) is 4.12. The molecule has 1 aliphatic carbocycles. The van der Waals surface area contributed by atoms with Crippen LogP contribution < -0.4 is 5.32 Å². The lowest BCUT2D eigenvalue weighted by atomic mass is 10.2. The Hall–Kier alpha value is -2.80. The molecule has 1 aliphatic rings. The third-order valence-corrected chi connectivity index (χ3v) is 6.44. The summed E-state index contributed by atoms with van der Waals surface area (Å²) in [5.74, 6) is 1.23. The molecule has 6 nitrogen and oxygen atoms in total. The number of imidazole rings is 1. The molecule has 2 heterocycles. The topological polar surface area (TPSA) is 64.2 Å². The minimum absolute atomic E-state index is 0.0756. The highest BCUT2D eigenvalue weighted by atomic mass is 32.2. The normalized spacial score (nSPS) is 14.8. The Morgan fingerprint density at radius 1 is 1.00 bits per heavy atom. The van der Waals surface area contributed by atoms with Crippen LogP contribution in [-0.4, -0.2) is 36.9 Å². The summed E-state index contributed by atoms with van der Waals surface area (Å²) in [7, 11) is 0. The van der Waals surface area contributed by atoms with Gasteiger partial charge in [0.25, 0.3) is 0 Å². The van der Waals surface area contributed by atoms with Crippen molar-refractivity contribution in [1.29, 1.82) is 0 Å². The Balaban J connectivity index is 1.43. The molecule has 1 saturated carbocycles. The second kappa shape index (κ2) is 7.91. The maximum absolute atomic E-state index is 12.3. The van der Waals surface area contributed by atoms with E-state index in [-0.39, 0.29) is 5.91 Å². The minimum atomic E-state index is 0.0756. The maximum Gasteiger partial charge on any atom is 0.237 e. The van der Waals surface area contributed by atoms with Gasteiger partial charge >= 0.3 is 0 Å². The van der Waals surface area contributed by atoms with Crippen LogP contribution in [-0.2, 0) is 11.3 Å². The zero-order valence-corrected chi connectivity index (χ0v) is 16.9. The van der Waals surface area contributed by atoms with Crippen LogP contribution in [0.1, 0.15) is 31.2 Å². The number of carbonyl (C=O) groups excluding carboxylic acids is 1. The number of para-hydroxylation sites is 2. The standard InChI is InChI=1S/C22H23N5OS/c28-20(23-17-10-4-5-11-17)15-29-22-25-24-21-26(14-16-8-2-1-3-9-16)18-12-6-7-13-19(18)27(21)22/h1-3,6-9,12-13,17H,4-5,10-11,14-15H2,(H,23,28). The third kappa shape index (κ3) is 3.62. The summed E-state index contributed by atoms with van der Waals surface area (Å²) >= 11 is 1.45. The molecule has 2 aromatic carbocycles. The number of hydrogen-bond donors (Lipinski definition) is 1. The van der Waals surface area contributed by atoms with E-state index < -0.39 is 0 Å². The molecule has 1 fully saturated rings. The molecule has 5 rings (SSSR count). The summed E-state index contributed by atoms with van der Waals surface area (Å²) < 4.78 is 4.24. The van der Waals surface area contributed by atoms with Gasteiger partial charge in [0.1, 0.15) is 0 Å². The van der Waals surface area contributed by atoms with Gasteiger partial charge in [-0.1, -0.05) is 67.1 Å². The van der Waals surface area contributed by atoms with E-state index in [1.807, 2.05) is 30.3 Å². The number of hydrogen-bond acceptors (Lipinski definition) is 4. The van der Waals surface area contributed by atoms with Gasteiger partial charge in [-0.15, -0.1) is 10.2 Å². The summed E-state index contributed by atoms with van der Waals surface area (Å²) in [6.07, 6.45) is 4.62. The Labute approximate surface area is 173 Å². The molecular weight excluding hydrogens is 382 g/mol. The van der Waals surface area contributed by atoms with E-state index in [9.17, 15) is 4.79 Å². The number of rotatable bonds is 6. The number of thioether (sulfide) groups is 1. The lowest BCUT2D eigenvalue weighted by Gasteiger charge is -2.10. The summed E-state index contributed by atoms with van der Waals surface area (Å²) in [5.41, 5.74) is 3.38. The van der Waals surface area contributed by atoms with Gasteiger partial charge in [-0.25, -0.2) is 0 Å². The molecule has 2 aromatic heterocycles. The predicted molar refractivity (Wildman–Crippen MR) is 115 cm³/mol. The molecule has 0 unspecified atom stereocenters. The van der Waals surface area contributed by atoms with Gasteiger partial charge < -0.3 is 9.88 Å². The van der Waals surface area contributed by atoms with E-state index in [1.165, 1.54) is 30.2 Å². The Morgan fingerprint density at radius 2 is 1.72 bits per heavy atom. The number of nitrogens with one attached hydrogen (secondary N) is 1. The highest BCUT2D eigenvalue weighted by molar-refractivity contribution is 7.99. The van der Waals surface area contributed by atoms with Crippen LogP contribution in [0.4, 0.5) is 0 Å². The van der Waals surface area contributed by atoms with Crippen molar-refractivity contribution in [2.75, 3.05) is 5.75 Å². The molecule has 148 valence electrons. The lowest BCUT2D eigenvalue weighted by Crippen LogP contribution is -2.33. The molecule has 0 saturated heterocycles. The fourth-order valence-corrected chi connectivity index (χ4v) is 4.87.